The number of rotatable bonds is 9. The van der Waals surface area contributed by atoms with Gasteiger partial charge in [0.25, 0.3) is 5.91 Å². The molecule has 0 saturated heterocycles. The Labute approximate surface area is 184 Å². The van der Waals surface area contributed by atoms with Crippen LogP contribution in [0, 0.1) is 10.8 Å². The SMILES string of the molecule is CN(C)CCC([NH2+]C=C(C=N)NC(=O)c1n[nH]c2c1CCC(C)(C)C2)c1ccccc1. The summed E-state index contributed by atoms with van der Waals surface area (Å²) < 4.78 is 0. The summed E-state index contributed by atoms with van der Waals surface area (Å²) in [5.74, 6) is -0.259. The maximum Gasteiger partial charge on any atom is 0.276 e. The van der Waals surface area contributed by atoms with Crippen LogP contribution in [0.15, 0.2) is 42.2 Å². The third-order valence-electron chi connectivity index (χ3n) is 5.91. The summed E-state index contributed by atoms with van der Waals surface area (Å²) in [5.41, 5.74) is 4.43. The molecular formula is C24H35N6O+. The van der Waals surface area contributed by atoms with Crippen LogP contribution in [0.5, 0.6) is 0 Å². The van der Waals surface area contributed by atoms with Crippen LogP contribution in [-0.2, 0) is 12.8 Å². The summed E-state index contributed by atoms with van der Waals surface area (Å²) in [6, 6.07) is 10.5. The number of amides is 1. The van der Waals surface area contributed by atoms with Gasteiger partial charge >= 0.3 is 0 Å². The van der Waals surface area contributed by atoms with Crippen molar-refractivity contribution in [3.63, 3.8) is 0 Å². The van der Waals surface area contributed by atoms with Gasteiger partial charge in [-0.25, -0.2) is 0 Å². The Bertz CT molecular complexity index is 929. The molecule has 0 aliphatic heterocycles. The van der Waals surface area contributed by atoms with E-state index in [4.69, 9.17) is 5.41 Å². The van der Waals surface area contributed by atoms with Crippen molar-refractivity contribution in [2.45, 2.75) is 45.6 Å². The molecule has 1 amide bonds. The molecule has 0 fully saturated rings. The van der Waals surface area contributed by atoms with Gasteiger partial charge in [-0.05, 0) is 38.8 Å². The molecule has 1 aromatic carbocycles. The third-order valence-corrected chi connectivity index (χ3v) is 5.91. The fourth-order valence-electron chi connectivity index (χ4n) is 4.04. The Kier molecular flexibility index (Phi) is 7.41. The molecule has 0 bridgehead atoms. The van der Waals surface area contributed by atoms with Crippen molar-refractivity contribution in [2.24, 2.45) is 5.41 Å². The standard InChI is InChI=1S/C24H34N6O/c1-24(2)12-10-19-21(14-24)28-29-22(19)23(31)27-18(15-25)16-26-20(11-13-30(3)4)17-8-6-5-7-9-17/h5-9,15-16,20,25-26H,10-14H2,1-4H3,(H,27,31)(H,28,29)/p+1. The first kappa shape index (κ1) is 22.9. The Morgan fingerprint density at radius 2 is 2.10 bits per heavy atom. The van der Waals surface area contributed by atoms with Gasteiger partial charge in [-0.3, -0.25) is 9.89 Å². The molecule has 1 aliphatic carbocycles. The Morgan fingerprint density at radius 1 is 1.35 bits per heavy atom. The predicted molar refractivity (Wildman–Crippen MR) is 123 cm³/mol. The van der Waals surface area contributed by atoms with Gasteiger partial charge in [0, 0.05) is 36.0 Å². The van der Waals surface area contributed by atoms with Crippen LogP contribution in [0.1, 0.15) is 60.0 Å². The second-order valence-corrected chi connectivity index (χ2v) is 9.39. The number of hydrogen-bond acceptors (Lipinski definition) is 4. The molecule has 0 saturated carbocycles. The molecule has 7 heteroatoms. The minimum Gasteiger partial charge on any atom is -0.315 e. The van der Waals surface area contributed by atoms with Crippen LogP contribution in [-0.4, -0.2) is 47.9 Å². The Balaban J connectivity index is 1.70. The van der Waals surface area contributed by atoms with E-state index in [-0.39, 0.29) is 17.4 Å². The second kappa shape index (κ2) is 10.0. The van der Waals surface area contributed by atoms with Crippen LogP contribution in [0.4, 0.5) is 0 Å². The molecule has 0 spiro atoms. The first-order valence-corrected chi connectivity index (χ1v) is 10.9. The zero-order chi connectivity index (χ0) is 22.4. The zero-order valence-electron chi connectivity index (χ0n) is 19.0. The highest BCUT2D eigenvalue weighted by Crippen LogP contribution is 2.34. The molecular weight excluding hydrogens is 388 g/mol. The van der Waals surface area contributed by atoms with Gasteiger partial charge in [-0.1, -0.05) is 44.2 Å². The van der Waals surface area contributed by atoms with E-state index in [0.717, 1.165) is 43.5 Å². The summed E-state index contributed by atoms with van der Waals surface area (Å²) >= 11 is 0. The first-order chi connectivity index (χ1) is 14.8. The summed E-state index contributed by atoms with van der Waals surface area (Å²) in [6.07, 6.45) is 6.75. The van der Waals surface area contributed by atoms with Crippen LogP contribution in [0.3, 0.4) is 0 Å². The van der Waals surface area contributed by atoms with Gasteiger partial charge in [-0.15, -0.1) is 0 Å². The molecule has 5 N–H and O–H groups in total. The number of nitrogens with two attached hydrogens (primary N) is 1. The van der Waals surface area contributed by atoms with E-state index in [1.807, 2.05) is 24.4 Å². The first-order valence-electron chi connectivity index (χ1n) is 10.9. The van der Waals surface area contributed by atoms with Crippen molar-refractivity contribution in [2.75, 3.05) is 20.6 Å². The number of allylic oxidation sites excluding steroid dienone is 1. The molecule has 1 aliphatic rings. The average molecular weight is 424 g/mol. The van der Waals surface area contributed by atoms with Crippen molar-refractivity contribution < 1.29 is 10.1 Å². The highest BCUT2D eigenvalue weighted by Gasteiger charge is 2.30. The summed E-state index contributed by atoms with van der Waals surface area (Å²) in [4.78, 5) is 15.0. The topological polar surface area (TPSA) is 101 Å². The quantitative estimate of drug-likeness (QED) is 0.466. The van der Waals surface area contributed by atoms with E-state index in [0.29, 0.717) is 11.4 Å². The molecule has 31 heavy (non-hydrogen) atoms. The number of aromatic amines is 1. The molecule has 1 atom stereocenters. The maximum atomic E-state index is 12.9. The van der Waals surface area contributed by atoms with Gasteiger partial charge in [0.1, 0.15) is 17.9 Å². The minimum atomic E-state index is -0.259. The lowest BCUT2D eigenvalue weighted by Gasteiger charge is -2.28. The molecule has 0 radical (unpaired) electrons. The summed E-state index contributed by atoms with van der Waals surface area (Å²) in [5, 5.41) is 20.1. The van der Waals surface area contributed by atoms with Gasteiger partial charge in [0.15, 0.2) is 5.69 Å². The van der Waals surface area contributed by atoms with Crippen molar-refractivity contribution >= 4 is 12.1 Å². The number of fused-ring (bicyclic) bond motifs is 1. The van der Waals surface area contributed by atoms with E-state index in [9.17, 15) is 4.79 Å². The second-order valence-electron chi connectivity index (χ2n) is 9.39. The zero-order valence-corrected chi connectivity index (χ0v) is 19.0. The minimum absolute atomic E-state index is 0.204. The van der Waals surface area contributed by atoms with Crippen molar-refractivity contribution in [1.82, 2.24) is 20.4 Å². The number of nitrogens with zero attached hydrogens (tertiary/aromatic N) is 2. The molecule has 1 unspecified atom stereocenters. The van der Waals surface area contributed by atoms with Gasteiger partial charge in [0.05, 0.1) is 0 Å². The lowest BCUT2D eigenvalue weighted by molar-refractivity contribution is -0.634. The van der Waals surface area contributed by atoms with Crippen molar-refractivity contribution in [3.05, 3.63) is 64.7 Å². The van der Waals surface area contributed by atoms with Gasteiger partial charge < -0.3 is 20.9 Å². The summed E-state index contributed by atoms with van der Waals surface area (Å²) in [6.45, 7) is 5.43. The van der Waals surface area contributed by atoms with Crippen LogP contribution in [0.25, 0.3) is 0 Å². The van der Waals surface area contributed by atoms with Crippen LogP contribution in [0.2, 0.25) is 0 Å². The lowest BCUT2D eigenvalue weighted by Crippen LogP contribution is -2.80. The Morgan fingerprint density at radius 3 is 2.77 bits per heavy atom. The molecule has 7 nitrogen and oxygen atoms in total. The monoisotopic (exact) mass is 423 g/mol. The number of H-pyrrole nitrogens is 1. The van der Waals surface area contributed by atoms with Gasteiger partial charge in [0.2, 0.25) is 0 Å². The fourth-order valence-corrected chi connectivity index (χ4v) is 4.04. The molecule has 166 valence electrons. The third kappa shape index (κ3) is 6.12. The van der Waals surface area contributed by atoms with E-state index in [1.54, 1.807) is 0 Å². The molecule has 2 aromatic rings. The van der Waals surface area contributed by atoms with Gasteiger partial charge in [-0.2, -0.15) is 5.10 Å². The fraction of sp³-hybridized carbons (Fsp3) is 0.458. The number of carbonyl (C=O) groups excluding carboxylic acids is 1. The number of aromatic nitrogens is 2. The molecule has 1 heterocycles. The number of benzene rings is 1. The molecule has 3 rings (SSSR count). The molecule has 1 aromatic heterocycles. The highest BCUT2D eigenvalue weighted by atomic mass is 16.2. The van der Waals surface area contributed by atoms with Crippen molar-refractivity contribution in [1.29, 1.82) is 5.41 Å². The van der Waals surface area contributed by atoms with E-state index < -0.39 is 0 Å². The Hall–Kier alpha value is -2.77. The number of quaternary nitrogens is 1. The number of carbonyl (C=O) groups is 1. The number of nitrogens with one attached hydrogen (secondary N) is 3. The largest absolute Gasteiger partial charge is 0.315 e. The smallest absolute Gasteiger partial charge is 0.276 e. The predicted octanol–water partition coefficient (Wildman–Crippen LogP) is 2.40. The average Bonchev–Trinajstić information content (AvgIpc) is 3.15. The van der Waals surface area contributed by atoms with Crippen LogP contribution >= 0.6 is 0 Å². The maximum absolute atomic E-state index is 12.9. The van der Waals surface area contributed by atoms with E-state index in [1.165, 1.54) is 11.8 Å². The summed E-state index contributed by atoms with van der Waals surface area (Å²) in [7, 11) is 4.12. The van der Waals surface area contributed by atoms with Crippen molar-refractivity contribution in [3.8, 4) is 0 Å². The lowest BCUT2D eigenvalue weighted by atomic mass is 9.76. The van der Waals surface area contributed by atoms with Crippen LogP contribution < -0.4 is 10.6 Å². The number of hydrogen-bond donors (Lipinski definition) is 4. The van der Waals surface area contributed by atoms with E-state index >= 15 is 0 Å². The highest BCUT2D eigenvalue weighted by molar-refractivity contribution is 5.98. The van der Waals surface area contributed by atoms with E-state index in [2.05, 4.69) is 65.8 Å². The normalized spacial score (nSPS) is 16.6.